The molecule has 0 unspecified atom stereocenters. The molecule has 0 atom stereocenters. The van der Waals surface area contributed by atoms with Gasteiger partial charge in [0.1, 0.15) is 6.61 Å². The SMILES string of the molecule is CCOC(=O)c1cc(C(C)(C)C)n(C2CCN(C(=O)COCc3ccccc3)CC2)n1. The quantitative estimate of drug-likeness (QED) is 0.630. The first-order chi connectivity index (χ1) is 14.8. The Morgan fingerprint density at radius 2 is 1.81 bits per heavy atom. The van der Waals surface area contributed by atoms with Crippen molar-refractivity contribution in [1.82, 2.24) is 14.7 Å². The zero-order valence-electron chi connectivity index (χ0n) is 19.0. The Kier molecular flexibility index (Phi) is 7.49. The van der Waals surface area contributed by atoms with Gasteiger partial charge in [0.15, 0.2) is 5.69 Å². The van der Waals surface area contributed by atoms with Crippen LogP contribution in [0.1, 0.15) is 68.3 Å². The number of piperidine rings is 1. The molecule has 1 fully saturated rings. The van der Waals surface area contributed by atoms with Crippen molar-refractivity contribution in [1.29, 1.82) is 0 Å². The summed E-state index contributed by atoms with van der Waals surface area (Å²) in [4.78, 5) is 26.6. The van der Waals surface area contributed by atoms with E-state index in [2.05, 4.69) is 25.9 Å². The van der Waals surface area contributed by atoms with Crippen molar-refractivity contribution in [2.24, 2.45) is 0 Å². The van der Waals surface area contributed by atoms with Crippen LogP contribution < -0.4 is 0 Å². The Morgan fingerprint density at radius 3 is 2.42 bits per heavy atom. The average molecular weight is 428 g/mol. The topological polar surface area (TPSA) is 73.7 Å². The van der Waals surface area contributed by atoms with Crippen LogP contribution in [-0.4, -0.2) is 52.9 Å². The van der Waals surface area contributed by atoms with Crippen molar-refractivity contribution in [2.45, 2.75) is 58.6 Å². The molecule has 31 heavy (non-hydrogen) atoms. The van der Waals surface area contributed by atoms with E-state index in [0.29, 0.717) is 32.0 Å². The summed E-state index contributed by atoms with van der Waals surface area (Å²) < 4.78 is 12.7. The lowest BCUT2D eigenvalue weighted by atomic mass is 9.91. The summed E-state index contributed by atoms with van der Waals surface area (Å²) in [6.07, 6.45) is 1.58. The highest BCUT2D eigenvalue weighted by Gasteiger charge is 2.30. The fraction of sp³-hybridized carbons (Fsp3) is 0.542. The molecule has 7 heteroatoms. The van der Waals surface area contributed by atoms with Gasteiger partial charge in [-0.3, -0.25) is 9.48 Å². The fourth-order valence-corrected chi connectivity index (χ4v) is 3.82. The number of hydrogen-bond acceptors (Lipinski definition) is 5. The van der Waals surface area contributed by atoms with Gasteiger partial charge < -0.3 is 14.4 Å². The standard InChI is InChI=1S/C24H33N3O4/c1-5-31-23(29)20-15-21(24(2,3)4)27(25-20)19-11-13-26(14-12-19)22(28)17-30-16-18-9-7-6-8-10-18/h6-10,15,19H,5,11-14,16-17H2,1-4H3. The van der Waals surface area contributed by atoms with Crippen molar-refractivity contribution >= 4 is 11.9 Å². The molecule has 0 saturated carbocycles. The molecule has 7 nitrogen and oxygen atoms in total. The number of rotatable bonds is 7. The van der Waals surface area contributed by atoms with Crippen LogP contribution in [0, 0.1) is 0 Å². The van der Waals surface area contributed by atoms with Crippen LogP contribution in [-0.2, 0) is 26.3 Å². The molecule has 1 aliphatic rings. The number of ether oxygens (including phenoxy) is 2. The van der Waals surface area contributed by atoms with Gasteiger partial charge in [0.05, 0.1) is 19.3 Å². The Labute approximate surface area is 184 Å². The summed E-state index contributed by atoms with van der Waals surface area (Å²) in [5.41, 5.74) is 2.25. The predicted octanol–water partition coefficient (Wildman–Crippen LogP) is 3.74. The molecule has 3 rings (SSSR count). The maximum absolute atomic E-state index is 12.5. The van der Waals surface area contributed by atoms with Gasteiger partial charge in [-0.1, -0.05) is 51.1 Å². The lowest BCUT2D eigenvalue weighted by Crippen LogP contribution is -2.41. The lowest BCUT2D eigenvalue weighted by Gasteiger charge is -2.34. The van der Waals surface area contributed by atoms with Crippen LogP contribution in [0.5, 0.6) is 0 Å². The molecule has 1 amide bonds. The van der Waals surface area contributed by atoms with Crippen LogP contribution in [0.15, 0.2) is 36.4 Å². The Balaban J connectivity index is 1.58. The largest absolute Gasteiger partial charge is 0.461 e. The smallest absolute Gasteiger partial charge is 0.358 e. The van der Waals surface area contributed by atoms with E-state index in [0.717, 1.165) is 24.1 Å². The first kappa shape index (κ1) is 23.0. The Bertz CT molecular complexity index is 878. The number of aromatic nitrogens is 2. The number of esters is 1. The molecular weight excluding hydrogens is 394 g/mol. The predicted molar refractivity (Wildman–Crippen MR) is 118 cm³/mol. The highest BCUT2D eigenvalue weighted by Crippen LogP contribution is 2.30. The van der Waals surface area contributed by atoms with Crippen LogP contribution in [0.25, 0.3) is 0 Å². The van der Waals surface area contributed by atoms with Crippen molar-refractivity contribution < 1.29 is 19.1 Å². The molecule has 2 heterocycles. The van der Waals surface area contributed by atoms with E-state index in [4.69, 9.17) is 9.47 Å². The molecule has 0 aliphatic carbocycles. The maximum Gasteiger partial charge on any atom is 0.358 e. The average Bonchev–Trinajstić information content (AvgIpc) is 3.21. The van der Waals surface area contributed by atoms with Crippen molar-refractivity contribution in [2.75, 3.05) is 26.3 Å². The third kappa shape index (κ3) is 5.94. The highest BCUT2D eigenvalue weighted by molar-refractivity contribution is 5.87. The number of nitrogens with zero attached hydrogens (tertiary/aromatic N) is 3. The molecule has 0 spiro atoms. The fourth-order valence-electron chi connectivity index (χ4n) is 3.82. The number of carbonyl (C=O) groups excluding carboxylic acids is 2. The van der Waals surface area contributed by atoms with E-state index in [-0.39, 0.29) is 24.0 Å². The number of amides is 1. The lowest BCUT2D eigenvalue weighted by molar-refractivity contribution is -0.137. The van der Waals surface area contributed by atoms with Gasteiger partial charge in [0.2, 0.25) is 5.91 Å². The van der Waals surface area contributed by atoms with Crippen molar-refractivity contribution in [3.8, 4) is 0 Å². The molecule has 0 bridgehead atoms. The minimum atomic E-state index is -0.394. The maximum atomic E-state index is 12.5. The zero-order valence-corrected chi connectivity index (χ0v) is 19.0. The van der Waals surface area contributed by atoms with Gasteiger partial charge in [0.25, 0.3) is 0 Å². The second kappa shape index (κ2) is 10.1. The van der Waals surface area contributed by atoms with E-state index >= 15 is 0 Å². The molecule has 1 aliphatic heterocycles. The Morgan fingerprint density at radius 1 is 1.13 bits per heavy atom. The van der Waals surface area contributed by atoms with Gasteiger partial charge >= 0.3 is 5.97 Å². The van der Waals surface area contributed by atoms with Gasteiger partial charge in [-0.2, -0.15) is 5.10 Å². The molecule has 168 valence electrons. The normalized spacial score (nSPS) is 15.2. The number of likely N-dealkylation sites (tertiary alicyclic amines) is 1. The highest BCUT2D eigenvalue weighted by atomic mass is 16.5. The first-order valence-corrected chi connectivity index (χ1v) is 11.0. The van der Waals surface area contributed by atoms with Crippen LogP contribution in [0.3, 0.4) is 0 Å². The summed E-state index contributed by atoms with van der Waals surface area (Å²) in [6.45, 7) is 10.3. The summed E-state index contributed by atoms with van der Waals surface area (Å²) >= 11 is 0. The summed E-state index contributed by atoms with van der Waals surface area (Å²) in [7, 11) is 0. The van der Waals surface area contributed by atoms with E-state index in [1.807, 2.05) is 46.0 Å². The summed E-state index contributed by atoms with van der Waals surface area (Å²) in [5.74, 6) is -0.381. The van der Waals surface area contributed by atoms with E-state index < -0.39 is 5.97 Å². The second-order valence-electron chi connectivity index (χ2n) is 8.92. The molecule has 1 saturated heterocycles. The van der Waals surface area contributed by atoms with Crippen LogP contribution in [0.2, 0.25) is 0 Å². The molecule has 1 aromatic heterocycles. The molecule has 0 N–H and O–H groups in total. The van der Waals surface area contributed by atoms with Crippen molar-refractivity contribution in [3.63, 3.8) is 0 Å². The van der Waals surface area contributed by atoms with E-state index in [1.165, 1.54) is 0 Å². The number of hydrogen-bond donors (Lipinski definition) is 0. The van der Waals surface area contributed by atoms with E-state index in [1.54, 1.807) is 6.92 Å². The number of carbonyl (C=O) groups is 2. The summed E-state index contributed by atoms with van der Waals surface area (Å²) in [5, 5.41) is 4.59. The van der Waals surface area contributed by atoms with Gasteiger partial charge in [-0.15, -0.1) is 0 Å². The third-order valence-electron chi connectivity index (χ3n) is 5.49. The molecule has 0 radical (unpaired) electrons. The molecule has 1 aromatic carbocycles. The van der Waals surface area contributed by atoms with Crippen LogP contribution in [0.4, 0.5) is 0 Å². The summed E-state index contributed by atoms with van der Waals surface area (Å²) in [6, 6.07) is 11.8. The number of benzene rings is 1. The monoisotopic (exact) mass is 427 g/mol. The minimum Gasteiger partial charge on any atom is -0.461 e. The van der Waals surface area contributed by atoms with Gasteiger partial charge in [0, 0.05) is 24.2 Å². The minimum absolute atomic E-state index is 0.0121. The second-order valence-corrected chi connectivity index (χ2v) is 8.92. The van der Waals surface area contributed by atoms with Crippen LogP contribution >= 0.6 is 0 Å². The van der Waals surface area contributed by atoms with Gasteiger partial charge in [-0.05, 0) is 31.4 Å². The molecule has 2 aromatic rings. The van der Waals surface area contributed by atoms with Crippen molar-refractivity contribution in [3.05, 3.63) is 53.3 Å². The van der Waals surface area contributed by atoms with E-state index in [9.17, 15) is 9.59 Å². The first-order valence-electron chi connectivity index (χ1n) is 11.0. The molecular formula is C24H33N3O4. The third-order valence-corrected chi connectivity index (χ3v) is 5.49. The zero-order chi connectivity index (χ0) is 22.4. The Hall–Kier alpha value is -2.67. The van der Waals surface area contributed by atoms with Gasteiger partial charge in [-0.25, -0.2) is 4.79 Å².